The van der Waals surface area contributed by atoms with Crippen molar-refractivity contribution < 1.29 is 14.3 Å². The number of para-hydroxylation sites is 1. The first-order chi connectivity index (χ1) is 18.0. The smallest absolute Gasteiger partial charge is 0.257 e. The highest BCUT2D eigenvalue weighted by molar-refractivity contribution is 8.00. The second kappa shape index (κ2) is 11.1. The lowest BCUT2D eigenvalue weighted by atomic mass is 10.1. The Hall–Kier alpha value is -3.82. The standard InChI is InChI=1S/C27H24ClN5O3S/c1-36-23-15-21(31-37-24-6-2-4-18-5-3-9-30-25(18)24)7-8-22(23)27(35)33-12-10-32(11-13-33)26(34)19-14-20(28)17-29-16-19/h2-9,14-17,31H,10-13H2,1H3. The molecule has 4 aromatic rings. The van der Waals surface area contributed by atoms with Gasteiger partial charge in [0.15, 0.2) is 0 Å². The average molecular weight is 534 g/mol. The van der Waals surface area contributed by atoms with Gasteiger partial charge in [-0.2, -0.15) is 0 Å². The highest BCUT2D eigenvalue weighted by Crippen LogP contribution is 2.31. The molecule has 1 aliphatic rings. The van der Waals surface area contributed by atoms with Crippen molar-refractivity contribution in [3.05, 3.63) is 89.3 Å². The van der Waals surface area contributed by atoms with Crippen LogP contribution in [0.5, 0.6) is 5.75 Å². The highest BCUT2D eigenvalue weighted by Gasteiger charge is 2.27. The van der Waals surface area contributed by atoms with E-state index in [2.05, 4.69) is 14.7 Å². The number of nitrogens with zero attached hydrogens (tertiary/aromatic N) is 4. The molecule has 1 aliphatic heterocycles. The van der Waals surface area contributed by atoms with E-state index in [1.807, 2.05) is 42.5 Å². The number of ether oxygens (including phenoxy) is 1. The lowest BCUT2D eigenvalue weighted by Gasteiger charge is -2.35. The number of carbonyl (C=O) groups is 2. The molecule has 1 N–H and O–H groups in total. The molecule has 0 aliphatic carbocycles. The van der Waals surface area contributed by atoms with Crippen molar-refractivity contribution in [2.24, 2.45) is 0 Å². The number of anilines is 1. The maximum Gasteiger partial charge on any atom is 0.257 e. The highest BCUT2D eigenvalue weighted by atomic mass is 35.5. The fourth-order valence-electron chi connectivity index (χ4n) is 4.20. The van der Waals surface area contributed by atoms with Gasteiger partial charge in [-0.1, -0.05) is 29.8 Å². The van der Waals surface area contributed by atoms with Crippen molar-refractivity contribution in [1.29, 1.82) is 0 Å². The van der Waals surface area contributed by atoms with Gasteiger partial charge in [0.05, 0.1) is 33.7 Å². The lowest BCUT2D eigenvalue weighted by Crippen LogP contribution is -2.50. The molecule has 2 aromatic carbocycles. The van der Waals surface area contributed by atoms with Gasteiger partial charge >= 0.3 is 0 Å². The number of rotatable bonds is 6. The van der Waals surface area contributed by atoms with Crippen LogP contribution in [0.15, 0.2) is 78.1 Å². The summed E-state index contributed by atoms with van der Waals surface area (Å²) in [6.07, 6.45) is 4.77. The molecule has 5 rings (SSSR count). The first-order valence-corrected chi connectivity index (χ1v) is 12.9. The zero-order chi connectivity index (χ0) is 25.8. The topological polar surface area (TPSA) is 87.7 Å². The molecule has 3 heterocycles. The summed E-state index contributed by atoms with van der Waals surface area (Å²) in [6.45, 7) is 1.70. The van der Waals surface area contributed by atoms with E-state index in [-0.39, 0.29) is 11.8 Å². The van der Waals surface area contributed by atoms with Crippen LogP contribution >= 0.6 is 23.5 Å². The number of fused-ring (bicyclic) bond motifs is 1. The molecule has 2 amide bonds. The van der Waals surface area contributed by atoms with Crippen molar-refractivity contribution in [1.82, 2.24) is 19.8 Å². The fraction of sp³-hybridized carbons (Fsp3) is 0.185. The number of nitrogens with one attached hydrogen (secondary N) is 1. The zero-order valence-corrected chi connectivity index (χ0v) is 21.6. The normalized spacial score (nSPS) is 13.5. The maximum atomic E-state index is 13.3. The number of halogens is 1. The summed E-state index contributed by atoms with van der Waals surface area (Å²) in [5.74, 6) is 0.204. The molecule has 0 unspecified atom stereocenters. The van der Waals surface area contributed by atoms with Crippen LogP contribution in [0, 0.1) is 0 Å². The zero-order valence-electron chi connectivity index (χ0n) is 20.1. The Morgan fingerprint density at radius 3 is 2.49 bits per heavy atom. The van der Waals surface area contributed by atoms with Crippen molar-refractivity contribution in [2.45, 2.75) is 4.90 Å². The van der Waals surface area contributed by atoms with Gasteiger partial charge in [-0.15, -0.1) is 0 Å². The summed E-state index contributed by atoms with van der Waals surface area (Å²) in [4.78, 5) is 39.0. The molecule has 0 atom stereocenters. The Kier molecular flexibility index (Phi) is 7.43. The van der Waals surface area contributed by atoms with Gasteiger partial charge in [-0.25, -0.2) is 0 Å². The number of amides is 2. The molecule has 0 radical (unpaired) electrons. The number of pyridine rings is 2. The molecular formula is C27H24ClN5O3S. The van der Waals surface area contributed by atoms with Gasteiger partial charge < -0.3 is 19.3 Å². The second-order valence-corrected chi connectivity index (χ2v) is 9.71. The van der Waals surface area contributed by atoms with Crippen LogP contribution in [-0.2, 0) is 0 Å². The number of hydrogen-bond donors (Lipinski definition) is 1. The van der Waals surface area contributed by atoms with Gasteiger partial charge in [-0.3, -0.25) is 19.6 Å². The molecule has 10 heteroatoms. The minimum absolute atomic E-state index is 0.133. The van der Waals surface area contributed by atoms with E-state index < -0.39 is 0 Å². The average Bonchev–Trinajstić information content (AvgIpc) is 2.95. The summed E-state index contributed by atoms with van der Waals surface area (Å²) in [6, 6.07) is 17.0. The van der Waals surface area contributed by atoms with Gasteiger partial charge in [0, 0.05) is 61.9 Å². The Labute approximate surface area is 223 Å². The first kappa shape index (κ1) is 24.9. The van der Waals surface area contributed by atoms with Crippen LogP contribution < -0.4 is 9.46 Å². The largest absolute Gasteiger partial charge is 0.496 e. The number of carbonyl (C=O) groups excluding carboxylic acids is 2. The number of methoxy groups -OCH3 is 1. The third kappa shape index (κ3) is 5.47. The quantitative estimate of drug-likeness (QED) is 0.349. The summed E-state index contributed by atoms with van der Waals surface area (Å²) >= 11 is 7.42. The molecule has 188 valence electrons. The van der Waals surface area contributed by atoms with Crippen LogP contribution in [0.3, 0.4) is 0 Å². The van der Waals surface area contributed by atoms with E-state index in [0.717, 1.165) is 21.5 Å². The van der Waals surface area contributed by atoms with E-state index >= 15 is 0 Å². The summed E-state index contributed by atoms with van der Waals surface area (Å²) in [7, 11) is 1.55. The third-order valence-corrected chi connectivity index (χ3v) is 7.21. The van der Waals surface area contributed by atoms with Crippen LogP contribution in [0.2, 0.25) is 5.02 Å². The van der Waals surface area contributed by atoms with Crippen molar-refractivity contribution in [3.8, 4) is 5.75 Å². The van der Waals surface area contributed by atoms with Crippen LogP contribution in [0.25, 0.3) is 10.9 Å². The Morgan fingerprint density at radius 2 is 1.73 bits per heavy atom. The maximum absolute atomic E-state index is 13.3. The van der Waals surface area contributed by atoms with Gasteiger partial charge in [0.1, 0.15) is 5.75 Å². The van der Waals surface area contributed by atoms with Crippen molar-refractivity contribution >= 4 is 52.0 Å². The van der Waals surface area contributed by atoms with E-state index in [1.165, 1.54) is 24.3 Å². The molecule has 0 spiro atoms. The van der Waals surface area contributed by atoms with Crippen LogP contribution in [0.1, 0.15) is 20.7 Å². The minimum atomic E-state index is -0.144. The van der Waals surface area contributed by atoms with Gasteiger partial charge in [-0.05, 0) is 42.3 Å². The number of benzene rings is 2. The number of aromatic nitrogens is 2. The molecule has 2 aromatic heterocycles. The summed E-state index contributed by atoms with van der Waals surface area (Å²) in [5.41, 5.74) is 2.64. The minimum Gasteiger partial charge on any atom is -0.496 e. The monoisotopic (exact) mass is 533 g/mol. The van der Waals surface area contributed by atoms with Gasteiger partial charge in [0.25, 0.3) is 11.8 Å². The lowest BCUT2D eigenvalue weighted by molar-refractivity contribution is 0.0533. The Morgan fingerprint density at radius 1 is 0.973 bits per heavy atom. The number of hydrogen-bond acceptors (Lipinski definition) is 7. The Balaban J connectivity index is 1.23. The number of piperazine rings is 1. The predicted molar refractivity (Wildman–Crippen MR) is 145 cm³/mol. The first-order valence-electron chi connectivity index (χ1n) is 11.7. The van der Waals surface area contributed by atoms with E-state index in [1.54, 1.807) is 35.2 Å². The molecule has 0 bridgehead atoms. The summed E-state index contributed by atoms with van der Waals surface area (Å²) < 4.78 is 8.88. The molecule has 37 heavy (non-hydrogen) atoms. The van der Waals surface area contributed by atoms with E-state index in [4.69, 9.17) is 16.3 Å². The van der Waals surface area contributed by atoms with E-state index in [9.17, 15) is 9.59 Å². The molecule has 1 saturated heterocycles. The van der Waals surface area contributed by atoms with Crippen LogP contribution in [0.4, 0.5) is 5.69 Å². The predicted octanol–water partition coefficient (Wildman–Crippen LogP) is 5.01. The summed E-state index contributed by atoms with van der Waals surface area (Å²) in [5, 5.41) is 1.48. The fourth-order valence-corrected chi connectivity index (χ4v) is 5.14. The van der Waals surface area contributed by atoms with Gasteiger partial charge in [0.2, 0.25) is 0 Å². The van der Waals surface area contributed by atoms with Crippen molar-refractivity contribution in [2.75, 3.05) is 38.0 Å². The molecule has 0 saturated carbocycles. The molecular weight excluding hydrogens is 510 g/mol. The van der Waals surface area contributed by atoms with Crippen LogP contribution in [-0.4, -0.2) is 64.9 Å². The SMILES string of the molecule is COc1cc(NSc2cccc3cccnc23)ccc1C(=O)N1CCN(C(=O)c2cncc(Cl)c2)CC1. The van der Waals surface area contributed by atoms with E-state index in [0.29, 0.717) is 48.1 Å². The Bertz CT molecular complexity index is 1450. The molecule has 8 nitrogen and oxygen atoms in total. The third-order valence-electron chi connectivity index (χ3n) is 6.11. The second-order valence-electron chi connectivity index (χ2n) is 8.43. The molecule has 1 fully saturated rings. The van der Waals surface area contributed by atoms with Crippen molar-refractivity contribution in [3.63, 3.8) is 0 Å².